The summed E-state index contributed by atoms with van der Waals surface area (Å²) in [6.45, 7) is 1.18. The fourth-order valence-corrected chi connectivity index (χ4v) is 2.96. The number of aliphatic hydroxyl groups is 1. The molecule has 0 heterocycles. The van der Waals surface area contributed by atoms with Crippen molar-refractivity contribution < 1.29 is 19.6 Å². The van der Waals surface area contributed by atoms with Gasteiger partial charge in [0.25, 0.3) is 0 Å². The molecule has 4 nitrogen and oxygen atoms in total. The van der Waals surface area contributed by atoms with E-state index >= 15 is 0 Å². The van der Waals surface area contributed by atoms with E-state index in [1.54, 1.807) is 12.1 Å². The van der Waals surface area contributed by atoms with Crippen LogP contribution in [0.15, 0.2) is 53.4 Å². The molecule has 0 amide bonds. The highest BCUT2D eigenvalue weighted by Crippen LogP contribution is 2.32. The second-order valence-corrected chi connectivity index (χ2v) is 6.26. The van der Waals surface area contributed by atoms with Crippen LogP contribution in [0.3, 0.4) is 0 Å². The number of carboxylic acid groups (broad SMARTS) is 1. The van der Waals surface area contributed by atoms with Gasteiger partial charge in [-0.3, -0.25) is 0 Å². The van der Waals surface area contributed by atoms with Crippen molar-refractivity contribution in [2.24, 2.45) is 0 Å². The summed E-state index contributed by atoms with van der Waals surface area (Å²) in [6, 6.07) is 14.4. The number of carboxylic acids is 1. The molecular weight excluding hydrogens is 288 g/mol. The summed E-state index contributed by atoms with van der Waals surface area (Å²) in [6.07, 6.45) is 1.46. The molecule has 0 aliphatic heterocycles. The van der Waals surface area contributed by atoms with Crippen LogP contribution < -0.4 is 0 Å². The molecule has 21 heavy (non-hydrogen) atoms. The number of hydrogen-bond acceptors (Lipinski definition) is 3. The molecule has 2 unspecified atom stereocenters. The van der Waals surface area contributed by atoms with Gasteiger partial charge in [0, 0.05) is 11.6 Å². The first-order valence-corrected chi connectivity index (χ1v) is 7.89. The first-order valence-electron chi connectivity index (χ1n) is 6.33. The largest absolute Gasteiger partial charge is 0.612 e. The lowest BCUT2D eigenvalue weighted by molar-refractivity contribution is -0.157. The number of rotatable bonds is 4. The predicted octanol–water partition coefficient (Wildman–Crippen LogP) is 2.38. The zero-order valence-electron chi connectivity index (χ0n) is 11.7. The first kappa shape index (κ1) is 15.6. The smallest absolute Gasteiger partial charge is 0.340 e. The summed E-state index contributed by atoms with van der Waals surface area (Å²) in [5.41, 5.74) is -0.164. The highest BCUT2D eigenvalue weighted by Gasteiger charge is 2.37. The maximum Gasteiger partial charge on any atom is 0.340 e. The second kappa shape index (κ2) is 5.89. The van der Waals surface area contributed by atoms with Crippen molar-refractivity contribution in [1.82, 2.24) is 0 Å². The summed E-state index contributed by atoms with van der Waals surface area (Å²) >= 11 is -1.41. The van der Waals surface area contributed by atoms with Crippen molar-refractivity contribution in [3.05, 3.63) is 54.1 Å². The van der Waals surface area contributed by atoms with E-state index in [0.29, 0.717) is 4.90 Å². The maximum atomic E-state index is 11.9. The van der Waals surface area contributed by atoms with Crippen LogP contribution in [-0.4, -0.2) is 27.0 Å². The first-order chi connectivity index (χ1) is 9.84. The van der Waals surface area contributed by atoms with E-state index in [9.17, 15) is 14.5 Å². The summed E-state index contributed by atoms with van der Waals surface area (Å²) < 4.78 is 11.9. The molecule has 2 rings (SSSR count). The molecule has 0 radical (unpaired) electrons. The van der Waals surface area contributed by atoms with Gasteiger partial charge in [-0.05, 0) is 35.3 Å². The van der Waals surface area contributed by atoms with Crippen LogP contribution in [0.4, 0.5) is 0 Å². The van der Waals surface area contributed by atoms with E-state index in [0.717, 1.165) is 11.1 Å². The SMILES string of the molecule is C[S+]([O-])c1cc(-c2ccccc2)ccc1C(C)(O)C(=O)O. The summed E-state index contributed by atoms with van der Waals surface area (Å²) in [5, 5.41) is 19.3. The number of hydrogen-bond donors (Lipinski definition) is 2. The lowest BCUT2D eigenvalue weighted by Gasteiger charge is -2.22. The zero-order chi connectivity index (χ0) is 15.6. The van der Waals surface area contributed by atoms with Crippen LogP contribution in [0.2, 0.25) is 0 Å². The van der Waals surface area contributed by atoms with Gasteiger partial charge < -0.3 is 14.8 Å². The van der Waals surface area contributed by atoms with E-state index in [1.807, 2.05) is 30.3 Å². The second-order valence-electron chi connectivity index (χ2n) is 4.91. The minimum Gasteiger partial charge on any atom is -0.612 e. The van der Waals surface area contributed by atoms with Gasteiger partial charge in [0.1, 0.15) is 6.26 Å². The minimum atomic E-state index is -2.07. The molecule has 110 valence electrons. The Balaban J connectivity index is 2.58. The van der Waals surface area contributed by atoms with Gasteiger partial charge in [-0.25, -0.2) is 4.79 Å². The molecule has 0 saturated carbocycles. The molecule has 0 spiro atoms. The topological polar surface area (TPSA) is 80.6 Å². The minimum absolute atomic E-state index is 0.149. The van der Waals surface area contributed by atoms with Crippen molar-refractivity contribution >= 4 is 17.1 Å². The molecule has 0 aromatic heterocycles. The molecule has 0 saturated heterocycles. The third kappa shape index (κ3) is 3.10. The highest BCUT2D eigenvalue weighted by molar-refractivity contribution is 7.90. The van der Waals surface area contributed by atoms with Crippen LogP contribution in [0, 0.1) is 0 Å². The molecule has 2 N–H and O–H groups in total. The molecule has 2 aromatic rings. The average molecular weight is 304 g/mol. The molecule has 2 atom stereocenters. The lowest BCUT2D eigenvalue weighted by atomic mass is 9.94. The van der Waals surface area contributed by atoms with Gasteiger partial charge in [0.15, 0.2) is 10.5 Å². The average Bonchev–Trinajstić information content (AvgIpc) is 2.47. The molecule has 0 bridgehead atoms. The Bertz CT molecular complexity index is 651. The monoisotopic (exact) mass is 304 g/mol. The van der Waals surface area contributed by atoms with Crippen LogP contribution in [0.5, 0.6) is 0 Å². The van der Waals surface area contributed by atoms with Gasteiger partial charge in [-0.15, -0.1) is 0 Å². The summed E-state index contributed by atoms with van der Waals surface area (Å²) in [5.74, 6) is -1.37. The van der Waals surface area contributed by atoms with Crippen LogP contribution in [-0.2, 0) is 21.6 Å². The molecule has 0 fully saturated rings. The summed E-state index contributed by atoms with van der Waals surface area (Å²) in [7, 11) is 0. The van der Waals surface area contributed by atoms with Crippen LogP contribution in [0.25, 0.3) is 11.1 Å². The molecule has 0 aliphatic carbocycles. The van der Waals surface area contributed by atoms with Gasteiger partial charge in [-0.1, -0.05) is 36.4 Å². The van der Waals surface area contributed by atoms with E-state index in [4.69, 9.17) is 5.11 Å². The fourth-order valence-electron chi connectivity index (χ4n) is 2.09. The van der Waals surface area contributed by atoms with Crippen LogP contribution in [0.1, 0.15) is 12.5 Å². The molecule has 2 aromatic carbocycles. The van der Waals surface area contributed by atoms with Gasteiger partial charge >= 0.3 is 5.97 Å². The highest BCUT2D eigenvalue weighted by atomic mass is 32.2. The van der Waals surface area contributed by atoms with Gasteiger partial charge in [0.05, 0.1) is 0 Å². The molecule has 0 aliphatic rings. The number of benzene rings is 2. The van der Waals surface area contributed by atoms with Crippen molar-refractivity contribution in [1.29, 1.82) is 0 Å². The normalized spacial score (nSPS) is 15.2. The maximum absolute atomic E-state index is 11.9. The van der Waals surface area contributed by atoms with E-state index in [-0.39, 0.29) is 5.56 Å². The van der Waals surface area contributed by atoms with Gasteiger partial charge in [-0.2, -0.15) is 0 Å². The molecular formula is C16H16O4S. The number of aliphatic carboxylic acids is 1. The van der Waals surface area contributed by atoms with Crippen molar-refractivity contribution in [2.45, 2.75) is 17.4 Å². The Morgan fingerprint density at radius 2 is 1.76 bits per heavy atom. The van der Waals surface area contributed by atoms with E-state index in [2.05, 4.69) is 0 Å². The predicted molar refractivity (Wildman–Crippen MR) is 81.4 cm³/mol. The third-order valence-corrected chi connectivity index (χ3v) is 4.30. The Morgan fingerprint density at radius 1 is 1.14 bits per heavy atom. The quantitative estimate of drug-likeness (QED) is 0.850. The Morgan fingerprint density at radius 3 is 2.29 bits per heavy atom. The van der Waals surface area contributed by atoms with Crippen molar-refractivity contribution in [3.63, 3.8) is 0 Å². The fraction of sp³-hybridized carbons (Fsp3) is 0.188. The Kier molecular flexibility index (Phi) is 4.37. The standard InChI is InChI=1S/C16H16O4S/c1-16(19,15(17)18)13-9-8-12(10-14(13)21(2)20)11-6-4-3-5-7-11/h3-10,19H,1-2H3,(H,17,18). The number of carbonyl (C=O) groups is 1. The van der Waals surface area contributed by atoms with Crippen LogP contribution >= 0.6 is 0 Å². The Hall–Kier alpha value is -1.82. The molecule has 5 heteroatoms. The lowest BCUT2D eigenvalue weighted by Crippen LogP contribution is -2.33. The van der Waals surface area contributed by atoms with E-state index < -0.39 is 22.7 Å². The van der Waals surface area contributed by atoms with Crippen molar-refractivity contribution in [2.75, 3.05) is 6.26 Å². The summed E-state index contributed by atoms with van der Waals surface area (Å²) in [4.78, 5) is 11.5. The van der Waals surface area contributed by atoms with Gasteiger partial charge in [0.2, 0.25) is 0 Å². The Labute approximate surface area is 126 Å². The van der Waals surface area contributed by atoms with E-state index in [1.165, 1.54) is 19.2 Å². The van der Waals surface area contributed by atoms with Crippen molar-refractivity contribution in [3.8, 4) is 11.1 Å². The zero-order valence-corrected chi connectivity index (χ0v) is 12.6. The third-order valence-electron chi connectivity index (χ3n) is 3.34.